The molecule has 7 heteroatoms. The van der Waals surface area contributed by atoms with Crippen molar-refractivity contribution in [1.29, 1.82) is 0 Å². The maximum absolute atomic E-state index is 13.2. The Morgan fingerprint density at radius 3 is 2.54 bits per heavy atom. The molecule has 4 rings (SSSR count). The van der Waals surface area contributed by atoms with Gasteiger partial charge in [-0.15, -0.1) is 0 Å². The number of fused-ring (bicyclic) bond motifs is 1. The molecule has 0 aliphatic carbocycles. The number of aromatic nitrogens is 3. The van der Waals surface area contributed by atoms with Crippen LogP contribution in [0, 0.1) is 0 Å². The summed E-state index contributed by atoms with van der Waals surface area (Å²) in [5, 5.41) is 3.21. The minimum absolute atomic E-state index is 0.295. The fraction of sp³-hybridized carbons (Fsp3) is 0.0476. The monoisotopic (exact) mass is 434 g/mol. The summed E-state index contributed by atoms with van der Waals surface area (Å²) < 4.78 is 2.12. The summed E-state index contributed by atoms with van der Waals surface area (Å²) in [6, 6.07) is 18.8. The molecule has 0 saturated carbocycles. The number of carbonyl (C=O) groups excluding carboxylic acids is 1. The van der Waals surface area contributed by atoms with Crippen LogP contribution in [0.4, 0.5) is 5.82 Å². The number of amides is 1. The number of benzene rings is 2. The molecule has 0 radical (unpaired) electrons. The molecule has 4 aromatic rings. The Hall–Kier alpha value is -3.32. The molecule has 0 bridgehead atoms. The van der Waals surface area contributed by atoms with E-state index in [0.717, 1.165) is 4.47 Å². The van der Waals surface area contributed by atoms with Crippen molar-refractivity contribution < 1.29 is 4.79 Å². The van der Waals surface area contributed by atoms with Gasteiger partial charge < -0.3 is 5.32 Å². The summed E-state index contributed by atoms with van der Waals surface area (Å²) in [5.41, 5.74) is 0.951. The number of halogens is 1. The van der Waals surface area contributed by atoms with Crippen molar-refractivity contribution in [3.8, 4) is 0 Å². The van der Waals surface area contributed by atoms with Crippen molar-refractivity contribution in [1.82, 2.24) is 14.5 Å². The second-order valence-electron chi connectivity index (χ2n) is 6.14. The Morgan fingerprint density at radius 1 is 1.00 bits per heavy atom. The van der Waals surface area contributed by atoms with Crippen LogP contribution in [0.5, 0.6) is 0 Å². The van der Waals surface area contributed by atoms with Crippen molar-refractivity contribution in [2.75, 3.05) is 5.32 Å². The number of pyridine rings is 1. The summed E-state index contributed by atoms with van der Waals surface area (Å²) in [6.07, 6.45) is 3.00. The van der Waals surface area contributed by atoms with E-state index >= 15 is 0 Å². The number of hydrogen-bond donors (Lipinski definition) is 1. The van der Waals surface area contributed by atoms with Crippen LogP contribution in [0.2, 0.25) is 0 Å². The first-order valence-corrected chi connectivity index (χ1v) is 9.36. The highest BCUT2D eigenvalue weighted by Gasteiger charge is 2.25. The minimum Gasteiger partial charge on any atom is -0.309 e. The summed E-state index contributed by atoms with van der Waals surface area (Å²) in [4.78, 5) is 34.8. The zero-order valence-corrected chi connectivity index (χ0v) is 16.2. The highest BCUT2D eigenvalue weighted by Crippen LogP contribution is 2.21. The van der Waals surface area contributed by atoms with Gasteiger partial charge in [-0.3, -0.25) is 14.2 Å². The molecule has 2 aromatic carbocycles. The summed E-state index contributed by atoms with van der Waals surface area (Å²) in [7, 11) is 0. The molecule has 0 fully saturated rings. The fourth-order valence-electron chi connectivity index (χ4n) is 3.00. The smallest absolute Gasteiger partial charge is 0.262 e. The zero-order valence-electron chi connectivity index (χ0n) is 14.6. The van der Waals surface area contributed by atoms with Gasteiger partial charge >= 0.3 is 0 Å². The number of hydrogen-bond acceptors (Lipinski definition) is 4. The van der Waals surface area contributed by atoms with Crippen molar-refractivity contribution in [3.63, 3.8) is 0 Å². The Labute approximate surface area is 169 Å². The highest BCUT2D eigenvalue weighted by molar-refractivity contribution is 9.10. The largest absolute Gasteiger partial charge is 0.309 e. The van der Waals surface area contributed by atoms with E-state index in [9.17, 15) is 9.59 Å². The number of carbonyl (C=O) groups is 1. The standard InChI is InChI=1S/C21H15BrN4O2/c22-15-9-10-17-16(12-15)21(28)26(13-24-17)19(14-6-2-1-3-7-14)20(27)25-18-8-4-5-11-23-18/h1-13,19H,(H,23,25,27). The average molecular weight is 435 g/mol. The predicted octanol–water partition coefficient (Wildman–Crippen LogP) is 3.78. The Morgan fingerprint density at radius 2 is 1.79 bits per heavy atom. The quantitative estimate of drug-likeness (QED) is 0.530. The van der Waals surface area contributed by atoms with E-state index in [2.05, 4.69) is 31.2 Å². The van der Waals surface area contributed by atoms with Crippen molar-refractivity contribution >= 4 is 38.6 Å². The Bertz CT molecular complexity index is 1190. The van der Waals surface area contributed by atoms with Crippen LogP contribution in [0.3, 0.4) is 0 Å². The molecule has 28 heavy (non-hydrogen) atoms. The van der Waals surface area contributed by atoms with Gasteiger partial charge in [0.25, 0.3) is 11.5 Å². The van der Waals surface area contributed by atoms with Gasteiger partial charge in [-0.1, -0.05) is 52.3 Å². The van der Waals surface area contributed by atoms with E-state index in [1.807, 2.05) is 24.3 Å². The number of nitrogens with one attached hydrogen (secondary N) is 1. The number of anilines is 1. The SMILES string of the molecule is O=C(Nc1ccccn1)C(c1ccccc1)n1cnc2ccc(Br)cc2c1=O. The van der Waals surface area contributed by atoms with E-state index < -0.39 is 6.04 Å². The molecule has 0 aliphatic heterocycles. The molecule has 2 aromatic heterocycles. The lowest BCUT2D eigenvalue weighted by atomic mass is 10.1. The second-order valence-corrected chi connectivity index (χ2v) is 7.05. The van der Waals surface area contributed by atoms with Crippen LogP contribution in [0.25, 0.3) is 10.9 Å². The first kappa shape index (κ1) is 18.1. The third-order valence-corrected chi connectivity index (χ3v) is 4.80. The molecular weight excluding hydrogens is 420 g/mol. The van der Waals surface area contributed by atoms with E-state index in [-0.39, 0.29) is 11.5 Å². The van der Waals surface area contributed by atoms with Crippen molar-refractivity contribution in [2.45, 2.75) is 6.04 Å². The molecule has 0 aliphatic rings. The Balaban J connectivity index is 1.84. The van der Waals surface area contributed by atoms with E-state index in [1.54, 1.807) is 48.7 Å². The van der Waals surface area contributed by atoms with Crippen LogP contribution < -0.4 is 10.9 Å². The average Bonchev–Trinajstić information content (AvgIpc) is 2.72. The molecule has 1 N–H and O–H groups in total. The maximum atomic E-state index is 13.2. The van der Waals surface area contributed by atoms with Crippen molar-refractivity contribution in [2.24, 2.45) is 0 Å². The van der Waals surface area contributed by atoms with Gasteiger partial charge in [0.05, 0.1) is 17.2 Å². The first-order chi connectivity index (χ1) is 13.6. The minimum atomic E-state index is -0.883. The first-order valence-electron chi connectivity index (χ1n) is 8.57. The van der Waals surface area contributed by atoms with Gasteiger partial charge in [-0.2, -0.15) is 0 Å². The molecule has 6 nitrogen and oxygen atoms in total. The summed E-state index contributed by atoms with van der Waals surface area (Å²) >= 11 is 3.38. The normalized spacial score (nSPS) is 11.9. The van der Waals surface area contributed by atoms with Crippen molar-refractivity contribution in [3.05, 3.63) is 99.6 Å². The molecule has 0 saturated heterocycles. The topological polar surface area (TPSA) is 76.9 Å². The summed E-state index contributed by atoms with van der Waals surface area (Å²) in [6.45, 7) is 0. The van der Waals surface area contributed by atoms with Crippen LogP contribution in [-0.4, -0.2) is 20.4 Å². The number of rotatable bonds is 4. The molecule has 0 spiro atoms. The molecule has 1 atom stereocenters. The third-order valence-electron chi connectivity index (χ3n) is 4.30. The lowest BCUT2D eigenvalue weighted by molar-refractivity contribution is -0.118. The fourth-order valence-corrected chi connectivity index (χ4v) is 3.36. The van der Waals surface area contributed by atoms with Gasteiger partial charge in [0.1, 0.15) is 11.9 Å². The van der Waals surface area contributed by atoms with Crippen LogP contribution in [0.15, 0.2) is 88.5 Å². The molecular formula is C21H15BrN4O2. The molecule has 138 valence electrons. The predicted molar refractivity (Wildman–Crippen MR) is 111 cm³/mol. The van der Waals surface area contributed by atoms with E-state index in [1.165, 1.54) is 10.9 Å². The van der Waals surface area contributed by atoms with Gasteiger partial charge in [0.2, 0.25) is 0 Å². The summed E-state index contributed by atoms with van der Waals surface area (Å²) in [5.74, 6) is 0.0427. The highest BCUT2D eigenvalue weighted by atomic mass is 79.9. The number of nitrogens with zero attached hydrogens (tertiary/aromatic N) is 3. The molecule has 1 unspecified atom stereocenters. The maximum Gasteiger partial charge on any atom is 0.262 e. The van der Waals surface area contributed by atoms with Gasteiger partial charge in [-0.05, 0) is 35.9 Å². The zero-order chi connectivity index (χ0) is 19.5. The molecule has 2 heterocycles. The van der Waals surface area contributed by atoms with Gasteiger partial charge in [0.15, 0.2) is 0 Å². The third kappa shape index (κ3) is 3.57. The Kier molecular flexibility index (Phi) is 4.99. The van der Waals surface area contributed by atoms with Crippen LogP contribution in [-0.2, 0) is 4.79 Å². The van der Waals surface area contributed by atoms with Crippen LogP contribution in [0.1, 0.15) is 11.6 Å². The lowest BCUT2D eigenvalue weighted by Crippen LogP contribution is -2.34. The van der Waals surface area contributed by atoms with Gasteiger partial charge in [0, 0.05) is 10.7 Å². The van der Waals surface area contributed by atoms with E-state index in [0.29, 0.717) is 22.3 Å². The molecule has 1 amide bonds. The van der Waals surface area contributed by atoms with Gasteiger partial charge in [-0.25, -0.2) is 9.97 Å². The van der Waals surface area contributed by atoms with E-state index in [4.69, 9.17) is 0 Å². The second kappa shape index (κ2) is 7.74. The van der Waals surface area contributed by atoms with Crippen LogP contribution >= 0.6 is 15.9 Å². The lowest BCUT2D eigenvalue weighted by Gasteiger charge is -2.19.